The maximum Gasteiger partial charge on any atom is 0.184 e. The van der Waals surface area contributed by atoms with E-state index < -0.39 is 36.1 Å². The van der Waals surface area contributed by atoms with E-state index >= 15 is 0 Å². The van der Waals surface area contributed by atoms with Crippen LogP contribution in [0, 0.1) is 0 Å². The third-order valence-corrected chi connectivity index (χ3v) is 6.62. The molecule has 7 nitrogen and oxygen atoms in total. The van der Waals surface area contributed by atoms with E-state index in [2.05, 4.69) is 10.0 Å². The lowest BCUT2D eigenvalue weighted by Gasteiger charge is -2.46. The highest BCUT2D eigenvalue weighted by Crippen LogP contribution is 2.40. The zero-order valence-electron chi connectivity index (χ0n) is 15.0. The Bertz CT molecular complexity index is 916. The van der Waals surface area contributed by atoms with Gasteiger partial charge in [0.2, 0.25) is 0 Å². The fourth-order valence-electron chi connectivity index (χ4n) is 3.33. The minimum absolute atomic E-state index is 0.243. The first-order chi connectivity index (χ1) is 14.1. The SMILES string of the molecule is [N-]=[N+]=N[C@@H]1[C@@H](O)[C@@H](Sc2ccc(Cl)c(Cl)c2)O[C@@H]2COC(c3ccccc3)O[C@H]12. The van der Waals surface area contributed by atoms with Crippen LogP contribution in [0.5, 0.6) is 0 Å². The summed E-state index contributed by atoms with van der Waals surface area (Å²) in [6, 6.07) is 13.8. The van der Waals surface area contributed by atoms with E-state index in [1.165, 1.54) is 11.8 Å². The molecule has 2 aliphatic heterocycles. The number of aliphatic hydroxyl groups is 1. The number of halogens is 2. The second kappa shape index (κ2) is 9.12. The molecule has 2 fully saturated rings. The maximum absolute atomic E-state index is 10.9. The molecule has 152 valence electrons. The Balaban J connectivity index is 1.54. The Morgan fingerprint density at radius 3 is 2.62 bits per heavy atom. The number of hydrogen-bond donors (Lipinski definition) is 1. The summed E-state index contributed by atoms with van der Waals surface area (Å²) in [6.45, 7) is 0.243. The van der Waals surface area contributed by atoms with Crippen molar-refractivity contribution in [2.24, 2.45) is 5.11 Å². The standard InChI is InChI=1S/C19H17Cl2N3O4S/c20-12-7-6-11(8-13(12)21)29-19-16(25)15(23-24-22)17-14(27-19)9-26-18(28-17)10-4-2-1-3-5-10/h1-8,14-19,25H,9H2/t14-,15-,16-,17+,18?,19-/m1/s1. The van der Waals surface area contributed by atoms with Gasteiger partial charge in [-0.1, -0.05) is 70.4 Å². The Labute approximate surface area is 181 Å². The number of benzene rings is 2. The molecule has 2 aromatic rings. The second-order valence-corrected chi connectivity index (χ2v) is 8.59. The lowest BCUT2D eigenvalue weighted by atomic mass is 9.97. The van der Waals surface area contributed by atoms with E-state index in [9.17, 15) is 5.11 Å². The van der Waals surface area contributed by atoms with Crippen molar-refractivity contribution in [2.75, 3.05) is 6.61 Å². The molecule has 29 heavy (non-hydrogen) atoms. The van der Waals surface area contributed by atoms with Crippen LogP contribution in [0.15, 0.2) is 58.5 Å². The van der Waals surface area contributed by atoms with Crippen LogP contribution >= 0.6 is 35.0 Å². The number of aliphatic hydroxyl groups excluding tert-OH is 1. The smallest absolute Gasteiger partial charge is 0.184 e. The molecule has 0 saturated carbocycles. The van der Waals surface area contributed by atoms with Crippen molar-refractivity contribution < 1.29 is 19.3 Å². The first kappa shape index (κ1) is 20.8. The van der Waals surface area contributed by atoms with Gasteiger partial charge in [-0.3, -0.25) is 0 Å². The van der Waals surface area contributed by atoms with Gasteiger partial charge in [0.1, 0.15) is 23.7 Å². The predicted molar refractivity (Wildman–Crippen MR) is 110 cm³/mol. The molecule has 1 N–H and O–H groups in total. The third kappa shape index (κ3) is 4.50. The van der Waals surface area contributed by atoms with Crippen molar-refractivity contribution in [1.82, 2.24) is 0 Å². The maximum atomic E-state index is 10.9. The predicted octanol–water partition coefficient (Wildman–Crippen LogP) is 4.96. The second-order valence-electron chi connectivity index (χ2n) is 6.60. The molecule has 2 saturated heterocycles. The fourth-order valence-corrected chi connectivity index (χ4v) is 4.79. The van der Waals surface area contributed by atoms with E-state index in [-0.39, 0.29) is 6.61 Å². The molecular formula is C19H17Cl2N3O4S. The summed E-state index contributed by atoms with van der Waals surface area (Å²) in [5, 5.41) is 15.5. The van der Waals surface area contributed by atoms with E-state index in [4.69, 9.17) is 42.9 Å². The molecule has 0 amide bonds. The largest absolute Gasteiger partial charge is 0.389 e. The average molecular weight is 454 g/mol. The summed E-state index contributed by atoms with van der Waals surface area (Å²) >= 11 is 13.3. The molecule has 0 aliphatic carbocycles. The summed E-state index contributed by atoms with van der Waals surface area (Å²) < 4.78 is 17.9. The van der Waals surface area contributed by atoms with Crippen LogP contribution in [-0.4, -0.2) is 41.5 Å². The van der Waals surface area contributed by atoms with Gasteiger partial charge in [0.15, 0.2) is 6.29 Å². The van der Waals surface area contributed by atoms with Crippen LogP contribution < -0.4 is 0 Å². The molecule has 6 atom stereocenters. The molecular weight excluding hydrogens is 437 g/mol. The summed E-state index contributed by atoms with van der Waals surface area (Å²) in [7, 11) is 0. The van der Waals surface area contributed by atoms with Crippen LogP contribution in [0.2, 0.25) is 10.0 Å². The van der Waals surface area contributed by atoms with Crippen molar-refractivity contribution in [3.05, 3.63) is 74.6 Å². The number of fused-ring (bicyclic) bond motifs is 1. The van der Waals surface area contributed by atoms with Crippen molar-refractivity contribution >= 4 is 35.0 Å². The van der Waals surface area contributed by atoms with Crippen LogP contribution in [0.4, 0.5) is 0 Å². The lowest BCUT2D eigenvalue weighted by Crippen LogP contribution is -2.60. The van der Waals surface area contributed by atoms with Crippen LogP contribution in [-0.2, 0) is 14.2 Å². The molecule has 2 aliphatic rings. The van der Waals surface area contributed by atoms with Crippen LogP contribution in [0.25, 0.3) is 10.4 Å². The molecule has 2 heterocycles. The van der Waals surface area contributed by atoms with E-state index in [0.717, 1.165) is 10.5 Å². The summed E-state index contributed by atoms with van der Waals surface area (Å²) in [6.07, 6.45) is -2.83. The normalized spacial score (nSPS) is 31.6. The van der Waals surface area contributed by atoms with Gasteiger partial charge < -0.3 is 19.3 Å². The van der Waals surface area contributed by atoms with Crippen molar-refractivity contribution in [2.45, 2.75) is 41.0 Å². The highest BCUT2D eigenvalue weighted by Gasteiger charge is 2.49. The number of ether oxygens (including phenoxy) is 3. The molecule has 1 unspecified atom stereocenters. The fraction of sp³-hybridized carbons (Fsp3) is 0.368. The molecule has 0 radical (unpaired) electrons. The van der Waals surface area contributed by atoms with Gasteiger partial charge in [-0.2, -0.15) is 0 Å². The number of azide groups is 1. The van der Waals surface area contributed by atoms with E-state index in [1.54, 1.807) is 18.2 Å². The average Bonchev–Trinajstić information content (AvgIpc) is 2.74. The van der Waals surface area contributed by atoms with E-state index in [0.29, 0.717) is 10.0 Å². The van der Waals surface area contributed by atoms with Crippen molar-refractivity contribution in [3.63, 3.8) is 0 Å². The quantitative estimate of drug-likeness (QED) is 0.400. The first-order valence-electron chi connectivity index (χ1n) is 8.88. The highest BCUT2D eigenvalue weighted by atomic mass is 35.5. The first-order valence-corrected chi connectivity index (χ1v) is 10.5. The van der Waals surface area contributed by atoms with Crippen molar-refractivity contribution in [3.8, 4) is 0 Å². The number of thioether (sulfide) groups is 1. The number of hydrogen-bond acceptors (Lipinski definition) is 6. The summed E-state index contributed by atoms with van der Waals surface area (Å²) in [4.78, 5) is 3.67. The minimum atomic E-state index is -1.08. The topological polar surface area (TPSA) is 96.7 Å². The molecule has 0 spiro atoms. The van der Waals surface area contributed by atoms with Crippen molar-refractivity contribution in [1.29, 1.82) is 0 Å². The van der Waals surface area contributed by atoms with Gasteiger partial charge in [-0.15, -0.1) is 0 Å². The van der Waals surface area contributed by atoms with Gasteiger partial charge in [0.25, 0.3) is 0 Å². The Morgan fingerprint density at radius 2 is 1.90 bits per heavy atom. The highest BCUT2D eigenvalue weighted by molar-refractivity contribution is 7.99. The van der Waals surface area contributed by atoms with Gasteiger partial charge in [0.05, 0.1) is 22.7 Å². The third-order valence-electron chi connectivity index (χ3n) is 4.73. The summed E-state index contributed by atoms with van der Waals surface area (Å²) in [5.74, 6) is 0. The Hall–Kier alpha value is -1.48. The molecule has 10 heteroatoms. The van der Waals surface area contributed by atoms with Crippen LogP contribution in [0.3, 0.4) is 0 Å². The van der Waals surface area contributed by atoms with E-state index in [1.807, 2.05) is 30.3 Å². The number of nitrogens with zero attached hydrogens (tertiary/aromatic N) is 3. The summed E-state index contributed by atoms with van der Waals surface area (Å²) in [5.41, 5.74) is 9.18. The lowest BCUT2D eigenvalue weighted by molar-refractivity contribution is -0.297. The van der Waals surface area contributed by atoms with Crippen LogP contribution in [0.1, 0.15) is 11.9 Å². The zero-order chi connectivity index (χ0) is 20.4. The number of rotatable bonds is 4. The molecule has 0 aromatic heterocycles. The van der Waals surface area contributed by atoms with Gasteiger partial charge in [0, 0.05) is 15.4 Å². The molecule has 4 rings (SSSR count). The minimum Gasteiger partial charge on any atom is -0.389 e. The Kier molecular flexibility index (Phi) is 6.53. The molecule has 0 bridgehead atoms. The van der Waals surface area contributed by atoms with Gasteiger partial charge in [-0.05, 0) is 23.7 Å². The Morgan fingerprint density at radius 1 is 1.10 bits per heavy atom. The monoisotopic (exact) mass is 453 g/mol. The zero-order valence-corrected chi connectivity index (χ0v) is 17.3. The van der Waals surface area contributed by atoms with Gasteiger partial charge in [-0.25, -0.2) is 0 Å². The molecule has 2 aromatic carbocycles. The van der Waals surface area contributed by atoms with Gasteiger partial charge >= 0.3 is 0 Å².